The first kappa shape index (κ1) is 66.9. The Labute approximate surface area is 430 Å². The fraction of sp³-hybridized carbons (Fsp3) is 0.889. The summed E-state index contributed by atoms with van der Waals surface area (Å²) in [6, 6.07) is 0. The molecule has 0 fully saturated rings. The standard InChI is InChI=1S/C63H118O6/c1-4-7-10-13-16-18-20-22-24-26-28-29-30-31-32-33-35-36-38-40-42-44-47-50-53-56-62(65)68-59-60(58-67-61(64)55-52-49-46-15-12-9-6-3)69-63(66)57-54-51-48-45-43-41-39-37-34-27-25-23-21-19-17-14-11-8-5-2/h23,25-26,28,60H,4-22,24,27,29-59H2,1-3H3/b25-23-,28-26-. The zero-order chi connectivity index (χ0) is 50.0. The zero-order valence-electron chi connectivity index (χ0n) is 46.6. The van der Waals surface area contributed by atoms with Crippen LogP contribution in [0.1, 0.15) is 342 Å². The third-order valence-electron chi connectivity index (χ3n) is 13.9. The predicted octanol–water partition coefficient (Wildman–Crippen LogP) is 20.7. The number of hydrogen-bond acceptors (Lipinski definition) is 6. The molecule has 1 atom stereocenters. The molecule has 69 heavy (non-hydrogen) atoms. The van der Waals surface area contributed by atoms with E-state index in [-0.39, 0.29) is 31.1 Å². The highest BCUT2D eigenvalue weighted by Gasteiger charge is 2.19. The van der Waals surface area contributed by atoms with Gasteiger partial charge in [0.25, 0.3) is 0 Å². The van der Waals surface area contributed by atoms with Gasteiger partial charge in [-0.2, -0.15) is 0 Å². The molecule has 0 aliphatic rings. The van der Waals surface area contributed by atoms with E-state index in [1.165, 1.54) is 244 Å². The fourth-order valence-electron chi connectivity index (χ4n) is 9.26. The summed E-state index contributed by atoms with van der Waals surface area (Å²) < 4.78 is 16.8. The molecule has 0 bridgehead atoms. The number of ether oxygens (including phenoxy) is 3. The third-order valence-corrected chi connectivity index (χ3v) is 13.9. The molecule has 0 saturated carbocycles. The first-order chi connectivity index (χ1) is 34.0. The summed E-state index contributed by atoms with van der Waals surface area (Å²) in [6.07, 6.45) is 69.2. The molecule has 6 nitrogen and oxygen atoms in total. The molecule has 406 valence electrons. The van der Waals surface area contributed by atoms with Gasteiger partial charge in [-0.15, -0.1) is 0 Å². The quantitative estimate of drug-likeness (QED) is 0.0261. The van der Waals surface area contributed by atoms with Gasteiger partial charge < -0.3 is 14.2 Å². The number of rotatable bonds is 57. The summed E-state index contributed by atoms with van der Waals surface area (Å²) in [5.74, 6) is -0.857. The zero-order valence-corrected chi connectivity index (χ0v) is 46.6. The van der Waals surface area contributed by atoms with Gasteiger partial charge >= 0.3 is 17.9 Å². The molecule has 0 saturated heterocycles. The van der Waals surface area contributed by atoms with Crippen LogP contribution in [0.5, 0.6) is 0 Å². The van der Waals surface area contributed by atoms with E-state index in [2.05, 4.69) is 45.1 Å². The largest absolute Gasteiger partial charge is 0.462 e. The topological polar surface area (TPSA) is 78.9 Å². The predicted molar refractivity (Wildman–Crippen MR) is 298 cm³/mol. The molecule has 0 aromatic rings. The van der Waals surface area contributed by atoms with Crippen LogP contribution in [0.25, 0.3) is 0 Å². The second-order valence-corrected chi connectivity index (χ2v) is 21.0. The van der Waals surface area contributed by atoms with Gasteiger partial charge in [0.1, 0.15) is 13.2 Å². The van der Waals surface area contributed by atoms with Crippen LogP contribution in [0.2, 0.25) is 0 Å². The van der Waals surface area contributed by atoms with E-state index in [9.17, 15) is 14.4 Å². The van der Waals surface area contributed by atoms with Gasteiger partial charge in [0.05, 0.1) is 0 Å². The van der Waals surface area contributed by atoms with Gasteiger partial charge in [-0.1, -0.05) is 276 Å². The maximum atomic E-state index is 12.8. The number of carbonyl (C=O) groups is 3. The van der Waals surface area contributed by atoms with Crippen molar-refractivity contribution in [3.8, 4) is 0 Å². The summed E-state index contributed by atoms with van der Waals surface area (Å²) in [4.78, 5) is 38.0. The van der Waals surface area contributed by atoms with Crippen LogP contribution >= 0.6 is 0 Å². The summed E-state index contributed by atoms with van der Waals surface area (Å²) in [6.45, 7) is 6.64. The minimum Gasteiger partial charge on any atom is -0.462 e. The van der Waals surface area contributed by atoms with Crippen molar-refractivity contribution in [1.82, 2.24) is 0 Å². The van der Waals surface area contributed by atoms with E-state index in [1.807, 2.05) is 0 Å². The summed E-state index contributed by atoms with van der Waals surface area (Å²) in [5, 5.41) is 0. The molecular formula is C63H118O6. The smallest absolute Gasteiger partial charge is 0.306 e. The third kappa shape index (κ3) is 56.7. The lowest BCUT2D eigenvalue weighted by molar-refractivity contribution is -0.167. The fourth-order valence-corrected chi connectivity index (χ4v) is 9.26. The lowest BCUT2D eigenvalue weighted by Crippen LogP contribution is -2.30. The Balaban J connectivity index is 4.09. The first-order valence-electron chi connectivity index (χ1n) is 30.8. The molecule has 0 aromatic heterocycles. The average Bonchev–Trinajstić information content (AvgIpc) is 3.35. The maximum Gasteiger partial charge on any atom is 0.306 e. The second-order valence-electron chi connectivity index (χ2n) is 21.0. The summed E-state index contributed by atoms with van der Waals surface area (Å²) >= 11 is 0. The van der Waals surface area contributed by atoms with Crippen molar-refractivity contribution in [3.05, 3.63) is 24.3 Å². The van der Waals surface area contributed by atoms with Gasteiger partial charge in [0.2, 0.25) is 0 Å². The first-order valence-corrected chi connectivity index (χ1v) is 30.8. The average molecular weight is 972 g/mol. The molecule has 0 spiro atoms. The van der Waals surface area contributed by atoms with E-state index in [0.717, 1.165) is 57.8 Å². The Kier molecular flexibility index (Phi) is 56.7. The number of hydrogen-bond donors (Lipinski definition) is 0. The molecule has 0 heterocycles. The number of allylic oxidation sites excluding steroid dienone is 4. The molecular weight excluding hydrogens is 853 g/mol. The lowest BCUT2D eigenvalue weighted by Gasteiger charge is -2.18. The molecule has 0 amide bonds. The second kappa shape index (κ2) is 58.5. The van der Waals surface area contributed by atoms with Crippen LogP contribution in [0, 0.1) is 0 Å². The number of carbonyl (C=O) groups excluding carboxylic acids is 3. The van der Waals surface area contributed by atoms with Crippen LogP contribution in [0.3, 0.4) is 0 Å². The molecule has 0 aliphatic carbocycles. The van der Waals surface area contributed by atoms with Crippen LogP contribution < -0.4 is 0 Å². The van der Waals surface area contributed by atoms with Crippen molar-refractivity contribution in [2.24, 2.45) is 0 Å². The van der Waals surface area contributed by atoms with E-state index >= 15 is 0 Å². The Hall–Kier alpha value is -2.11. The van der Waals surface area contributed by atoms with Crippen LogP contribution in [0.15, 0.2) is 24.3 Å². The van der Waals surface area contributed by atoms with Crippen molar-refractivity contribution < 1.29 is 28.6 Å². The lowest BCUT2D eigenvalue weighted by atomic mass is 10.0. The van der Waals surface area contributed by atoms with Crippen LogP contribution in [-0.2, 0) is 28.6 Å². The molecule has 0 rings (SSSR count). The SMILES string of the molecule is CCCCCCCC/C=C\CCCCCCCCCCCC(=O)OC(COC(=O)CCCCCCCCC)COC(=O)CCCCCCCCCCCCCCC/C=C\CCCCCCCCCC. The minimum absolute atomic E-state index is 0.0679. The van der Waals surface area contributed by atoms with Crippen molar-refractivity contribution in [3.63, 3.8) is 0 Å². The summed E-state index contributed by atoms with van der Waals surface area (Å²) in [5.41, 5.74) is 0. The van der Waals surface area contributed by atoms with Gasteiger partial charge in [-0.05, 0) is 70.6 Å². The molecule has 0 aliphatic heterocycles. The van der Waals surface area contributed by atoms with E-state index in [1.54, 1.807) is 0 Å². The monoisotopic (exact) mass is 971 g/mol. The highest BCUT2D eigenvalue weighted by molar-refractivity contribution is 5.71. The Morgan fingerprint density at radius 1 is 0.275 bits per heavy atom. The molecule has 0 aromatic carbocycles. The normalized spacial score (nSPS) is 12.1. The molecule has 6 heteroatoms. The van der Waals surface area contributed by atoms with Crippen LogP contribution in [0.4, 0.5) is 0 Å². The van der Waals surface area contributed by atoms with E-state index < -0.39 is 6.10 Å². The maximum absolute atomic E-state index is 12.8. The van der Waals surface area contributed by atoms with E-state index in [0.29, 0.717) is 19.3 Å². The highest BCUT2D eigenvalue weighted by atomic mass is 16.6. The highest BCUT2D eigenvalue weighted by Crippen LogP contribution is 2.17. The molecule has 0 radical (unpaired) electrons. The summed E-state index contributed by atoms with van der Waals surface area (Å²) in [7, 11) is 0. The number of unbranched alkanes of at least 4 members (excludes halogenated alkanes) is 42. The van der Waals surface area contributed by atoms with Crippen LogP contribution in [-0.4, -0.2) is 37.2 Å². The Morgan fingerprint density at radius 2 is 0.478 bits per heavy atom. The Bertz CT molecular complexity index is 1110. The van der Waals surface area contributed by atoms with Gasteiger partial charge in [0.15, 0.2) is 6.10 Å². The molecule has 0 N–H and O–H groups in total. The molecule has 1 unspecified atom stereocenters. The van der Waals surface area contributed by atoms with Crippen molar-refractivity contribution >= 4 is 17.9 Å². The van der Waals surface area contributed by atoms with E-state index in [4.69, 9.17) is 14.2 Å². The van der Waals surface area contributed by atoms with Gasteiger partial charge in [-0.25, -0.2) is 0 Å². The minimum atomic E-state index is -0.767. The van der Waals surface area contributed by atoms with Gasteiger partial charge in [-0.3, -0.25) is 14.4 Å². The number of esters is 3. The Morgan fingerprint density at radius 3 is 0.725 bits per heavy atom. The van der Waals surface area contributed by atoms with Gasteiger partial charge in [0, 0.05) is 19.3 Å². The van der Waals surface area contributed by atoms with Crippen molar-refractivity contribution in [2.45, 2.75) is 348 Å². The van der Waals surface area contributed by atoms with Crippen molar-refractivity contribution in [2.75, 3.05) is 13.2 Å². The van der Waals surface area contributed by atoms with Crippen molar-refractivity contribution in [1.29, 1.82) is 0 Å².